The molecule has 18 heavy (non-hydrogen) atoms. The van der Waals surface area contributed by atoms with Crippen LogP contribution in [0.3, 0.4) is 0 Å². The van der Waals surface area contributed by atoms with Crippen LogP contribution in [0.5, 0.6) is 0 Å². The van der Waals surface area contributed by atoms with Crippen LogP contribution >= 0.6 is 0 Å². The Balaban J connectivity index is 2.20. The summed E-state index contributed by atoms with van der Waals surface area (Å²) in [4.78, 5) is 7.27. The van der Waals surface area contributed by atoms with Crippen molar-refractivity contribution in [2.45, 2.75) is 29.4 Å². The van der Waals surface area contributed by atoms with Crippen LogP contribution < -0.4 is 5.32 Å². The standard InChI is InChI=1S/C10H13F2N3O2S/c11-10(12)18(16,17)8-5-14-9(15-6-8)7-1-3-13-4-2-7/h5-7,10,13H,1-4H2. The molecule has 0 bridgehead atoms. The van der Waals surface area contributed by atoms with Gasteiger partial charge in [-0.25, -0.2) is 18.4 Å². The molecule has 100 valence electrons. The molecule has 1 saturated heterocycles. The number of nitrogens with zero attached hydrogens (tertiary/aromatic N) is 2. The molecule has 0 saturated carbocycles. The van der Waals surface area contributed by atoms with Crippen molar-refractivity contribution >= 4 is 9.84 Å². The number of nitrogens with one attached hydrogen (secondary N) is 1. The Kier molecular flexibility index (Phi) is 3.86. The van der Waals surface area contributed by atoms with E-state index in [9.17, 15) is 17.2 Å². The largest absolute Gasteiger partial charge is 0.341 e. The Bertz CT molecular complexity index is 498. The van der Waals surface area contributed by atoms with E-state index in [4.69, 9.17) is 0 Å². The molecule has 2 heterocycles. The van der Waals surface area contributed by atoms with Gasteiger partial charge in [-0.3, -0.25) is 0 Å². The summed E-state index contributed by atoms with van der Waals surface area (Å²) >= 11 is 0. The number of aromatic nitrogens is 2. The maximum atomic E-state index is 12.3. The third-order valence-corrected chi connectivity index (χ3v) is 4.25. The lowest BCUT2D eigenvalue weighted by atomic mass is 9.97. The highest BCUT2D eigenvalue weighted by Gasteiger charge is 2.28. The predicted molar refractivity (Wildman–Crippen MR) is 60.1 cm³/mol. The number of rotatable bonds is 3. The van der Waals surface area contributed by atoms with Crippen molar-refractivity contribution in [2.75, 3.05) is 13.1 Å². The summed E-state index contributed by atoms with van der Waals surface area (Å²) in [6.07, 6.45) is 3.65. The Morgan fingerprint density at radius 2 is 1.78 bits per heavy atom. The fourth-order valence-corrected chi connectivity index (χ4v) is 2.47. The van der Waals surface area contributed by atoms with E-state index < -0.39 is 20.5 Å². The summed E-state index contributed by atoms with van der Waals surface area (Å²) in [6.45, 7) is 1.70. The molecule has 0 aliphatic carbocycles. The first-order chi connectivity index (χ1) is 8.51. The van der Waals surface area contributed by atoms with Gasteiger partial charge in [-0.05, 0) is 25.9 Å². The van der Waals surface area contributed by atoms with Crippen LogP contribution in [0.4, 0.5) is 8.78 Å². The van der Waals surface area contributed by atoms with Crippen LogP contribution in [0.15, 0.2) is 17.3 Å². The number of piperidine rings is 1. The number of hydrogen-bond donors (Lipinski definition) is 1. The summed E-state index contributed by atoms with van der Waals surface area (Å²) in [7, 11) is -4.60. The molecule has 1 aliphatic heterocycles. The van der Waals surface area contributed by atoms with Gasteiger partial charge in [0.2, 0.25) is 9.84 Å². The van der Waals surface area contributed by atoms with Crippen molar-refractivity contribution < 1.29 is 17.2 Å². The number of halogens is 2. The zero-order valence-electron chi connectivity index (χ0n) is 9.51. The minimum atomic E-state index is -4.60. The van der Waals surface area contributed by atoms with Gasteiger partial charge in [-0.1, -0.05) is 0 Å². The van der Waals surface area contributed by atoms with Crippen LogP contribution in [-0.4, -0.2) is 37.2 Å². The Morgan fingerprint density at radius 3 is 2.28 bits per heavy atom. The van der Waals surface area contributed by atoms with Crippen molar-refractivity contribution in [1.82, 2.24) is 15.3 Å². The monoisotopic (exact) mass is 277 g/mol. The highest BCUT2D eigenvalue weighted by atomic mass is 32.2. The van der Waals surface area contributed by atoms with E-state index in [-0.39, 0.29) is 5.92 Å². The van der Waals surface area contributed by atoms with Crippen LogP contribution in [0.2, 0.25) is 0 Å². The van der Waals surface area contributed by atoms with E-state index >= 15 is 0 Å². The van der Waals surface area contributed by atoms with Crippen molar-refractivity contribution in [2.24, 2.45) is 0 Å². The summed E-state index contributed by atoms with van der Waals surface area (Å²) in [5, 5.41) is 3.18. The Labute approximate surface area is 104 Å². The molecule has 1 fully saturated rings. The van der Waals surface area contributed by atoms with Crippen molar-refractivity contribution in [3.05, 3.63) is 18.2 Å². The van der Waals surface area contributed by atoms with Crippen molar-refractivity contribution in [3.8, 4) is 0 Å². The molecule has 1 aromatic rings. The summed E-state index contributed by atoms with van der Waals surface area (Å²) in [6, 6.07) is 0. The molecule has 1 N–H and O–H groups in total. The molecule has 0 atom stereocenters. The minimum absolute atomic E-state index is 0.162. The average molecular weight is 277 g/mol. The van der Waals surface area contributed by atoms with E-state index in [1.54, 1.807) is 0 Å². The summed E-state index contributed by atoms with van der Waals surface area (Å²) in [5.74, 6) is -2.76. The first-order valence-electron chi connectivity index (χ1n) is 5.56. The zero-order chi connectivity index (χ0) is 13.2. The molecule has 8 heteroatoms. The fraction of sp³-hybridized carbons (Fsp3) is 0.600. The first kappa shape index (κ1) is 13.3. The van der Waals surface area contributed by atoms with Gasteiger partial charge in [0.05, 0.1) is 0 Å². The second kappa shape index (κ2) is 5.23. The van der Waals surface area contributed by atoms with Crippen molar-refractivity contribution in [1.29, 1.82) is 0 Å². The lowest BCUT2D eigenvalue weighted by molar-refractivity contribution is 0.234. The Morgan fingerprint density at radius 1 is 1.22 bits per heavy atom. The van der Waals surface area contributed by atoms with Gasteiger partial charge in [0, 0.05) is 18.3 Å². The van der Waals surface area contributed by atoms with Crippen LogP contribution in [0.25, 0.3) is 0 Å². The molecule has 0 spiro atoms. The van der Waals surface area contributed by atoms with Gasteiger partial charge in [0.15, 0.2) is 0 Å². The number of hydrogen-bond acceptors (Lipinski definition) is 5. The molecular weight excluding hydrogens is 264 g/mol. The molecule has 0 radical (unpaired) electrons. The quantitative estimate of drug-likeness (QED) is 0.890. The maximum Gasteiger partial charge on any atom is 0.341 e. The van der Waals surface area contributed by atoms with E-state index in [1.165, 1.54) is 0 Å². The molecule has 1 aliphatic rings. The van der Waals surface area contributed by atoms with E-state index in [0.29, 0.717) is 5.82 Å². The fourth-order valence-electron chi connectivity index (χ4n) is 1.87. The SMILES string of the molecule is O=S(=O)(c1cnc(C2CCNCC2)nc1)C(F)F. The van der Waals surface area contributed by atoms with Gasteiger partial charge < -0.3 is 5.32 Å². The Hall–Kier alpha value is -1.15. The first-order valence-corrected chi connectivity index (χ1v) is 7.11. The molecule has 0 amide bonds. The van der Waals surface area contributed by atoms with Gasteiger partial charge in [0.25, 0.3) is 0 Å². The van der Waals surface area contributed by atoms with Gasteiger partial charge >= 0.3 is 5.76 Å². The lowest BCUT2D eigenvalue weighted by Crippen LogP contribution is -2.27. The third kappa shape index (κ3) is 2.64. The van der Waals surface area contributed by atoms with Crippen LogP contribution in [-0.2, 0) is 9.84 Å². The maximum absolute atomic E-state index is 12.3. The normalized spacial score (nSPS) is 18.2. The van der Waals surface area contributed by atoms with E-state index in [0.717, 1.165) is 38.3 Å². The smallest absolute Gasteiger partial charge is 0.317 e. The number of alkyl halides is 2. The molecule has 0 aromatic carbocycles. The van der Waals surface area contributed by atoms with Crippen molar-refractivity contribution in [3.63, 3.8) is 0 Å². The third-order valence-electron chi connectivity index (χ3n) is 2.92. The van der Waals surface area contributed by atoms with E-state index in [2.05, 4.69) is 15.3 Å². The van der Waals surface area contributed by atoms with E-state index in [1.807, 2.05) is 0 Å². The van der Waals surface area contributed by atoms with Crippen LogP contribution in [0.1, 0.15) is 24.6 Å². The molecule has 2 rings (SSSR count). The zero-order valence-corrected chi connectivity index (χ0v) is 10.3. The summed E-state index contributed by atoms with van der Waals surface area (Å²) < 4.78 is 47.0. The summed E-state index contributed by atoms with van der Waals surface area (Å²) in [5.41, 5.74) is 0. The molecule has 5 nitrogen and oxygen atoms in total. The van der Waals surface area contributed by atoms with Gasteiger partial charge in [-0.15, -0.1) is 0 Å². The molecule has 1 aromatic heterocycles. The average Bonchev–Trinajstić information content (AvgIpc) is 2.40. The number of sulfone groups is 1. The molecule has 0 unspecified atom stereocenters. The highest BCUT2D eigenvalue weighted by Crippen LogP contribution is 2.23. The topological polar surface area (TPSA) is 72.0 Å². The predicted octanol–water partition coefficient (Wildman–Crippen LogP) is 0.940. The molecular formula is C10H13F2N3O2S. The second-order valence-electron chi connectivity index (χ2n) is 4.11. The lowest BCUT2D eigenvalue weighted by Gasteiger charge is -2.21. The second-order valence-corrected chi connectivity index (χ2v) is 6.02. The van der Waals surface area contributed by atoms with Gasteiger partial charge in [0.1, 0.15) is 10.7 Å². The highest BCUT2D eigenvalue weighted by molar-refractivity contribution is 7.91. The van der Waals surface area contributed by atoms with Crippen LogP contribution in [0, 0.1) is 0 Å². The minimum Gasteiger partial charge on any atom is -0.317 e. The van der Waals surface area contributed by atoms with Gasteiger partial charge in [-0.2, -0.15) is 8.78 Å².